The van der Waals surface area contributed by atoms with Crippen LogP contribution in [0.15, 0.2) is 72.1 Å². The van der Waals surface area contributed by atoms with E-state index in [1.54, 1.807) is 11.3 Å². The van der Waals surface area contributed by atoms with Crippen molar-refractivity contribution in [3.63, 3.8) is 0 Å². The fourth-order valence-electron chi connectivity index (χ4n) is 3.78. The molecule has 0 radical (unpaired) electrons. The minimum absolute atomic E-state index is 0.192. The van der Waals surface area contributed by atoms with Crippen LogP contribution in [-0.2, 0) is 16.1 Å². The Bertz CT molecular complexity index is 1030. The third-order valence-electron chi connectivity index (χ3n) is 6.18. The standard InChI is InChI=1S/C27H30N2O3S/c1-19(21-9-3-2-4-10-21)26(30)29-25(27(31)28-17-24-11-6-16-33-24)22-12-14-23(15-13-22)32-18-20-7-5-8-20/h2-4,6,9-16,19-20,25H,5,7-8,17-18H2,1H3,(H,28,31)(H,29,30)/t19-,25+/m0/s1. The van der Waals surface area contributed by atoms with Crippen LogP contribution in [-0.4, -0.2) is 18.4 Å². The Morgan fingerprint density at radius 3 is 2.36 bits per heavy atom. The molecule has 0 spiro atoms. The number of amides is 2. The van der Waals surface area contributed by atoms with Crippen molar-refractivity contribution in [1.82, 2.24) is 10.6 Å². The highest BCUT2D eigenvalue weighted by Gasteiger charge is 2.26. The van der Waals surface area contributed by atoms with E-state index in [1.165, 1.54) is 19.3 Å². The number of benzene rings is 2. The van der Waals surface area contributed by atoms with Crippen molar-refractivity contribution in [2.24, 2.45) is 5.92 Å². The molecule has 2 aromatic carbocycles. The van der Waals surface area contributed by atoms with E-state index in [9.17, 15) is 9.59 Å². The zero-order valence-corrected chi connectivity index (χ0v) is 19.6. The summed E-state index contributed by atoms with van der Waals surface area (Å²) in [6.45, 7) is 3.01. The summed E-state index contributed by atoms with van der Waals surface area (Å²) in [7, 11) is 0. The minimum Gasteiger partial charge on any atom is -0.493 e. The van der Waals surface area contributed by atoms with Crippen LogP contribution in [0.4, 0.5) is 0 Å². The second-order valence-corrected chi connectivity index (χ2v) is 9.58. The van der Waals surface area contributed by atoms with Crippen LogP contribution in [0, 0.1) is 5.92 Å². The van der Waals surface area contributed by atoms with Gasteiger partial charge in [0.05, 0.1) is 19.1 Å². The highest BCUT2D eigenvalue weighted by molar-refractivity contribution is 7.09. The highest BCUT2D eigenvalue weighted by atomic mass is 32.1. The van der Waals surface area contributed by atoms with Gasteiger partial charge in [-0.05, 0) is 60.4 Å². The summed E-state index contributed by atoms with van der Waals surface area (Å²) in [5, 5.41) is 7.90. The Kier molecular flexibility index (Phi) is 7.79. The van der Waals surface area contributed by atoms with Gasteiger partial charge in [0.15, 0.2) is 0 Å². The van der Waals surface area contributed by atoms with Gasteiger partial charge in [-0.1, -0.05) is 55.0 Å². The lowest BCUT2D eigenvalue weighted by atomic mass is 9.86. The van der Waals surface area contributed by atoms with Gasteiger partial charge in [-0.3, -0.25) is 9.59 Å². The molecule has 2 amide bonds. The second-order valence-electron chi connectivity index (χ2n) is 8.55. The maximum atomic E-state index is 13.1. The van der Waals surface area contributed by atoms with Crippen molar-refractivity contribution in [3.8, 4) is 5.75 Å². The third-order valence-corrected chi connectivity index (χ3v) is 7.06. The van der Waals surface area contributed by atoms with Gasteiger partial charge in [-0.2, -0.15) is 0 Å². The van der Waals surface area contributed by atoms with Crippen molar-refractivity contribution < 1.29 is 14.3 Å². The summed E-state index contributed by atoms with van der Waals surface area (Å²) < 4.78 is 5.89. The fraction of sp³-hybridized carbons (Fsp3) is 0.333. The van der Waals surface area contributed by atoms with Crippen LogP contribution in [0.2, 0.25) is 0 Å². The van der Waals surface area contributed by atoms with Gasteiger partial charge in [0.1, 0.15) is 11.8 Å². The first-order valence-corrected chi connectivity index (χ1v) is 12.4. The normalized spacial score (nSPS) is 15.2. The van der Waals surface area contributed by atoms with E-state index in [-0.39, 0.29) is 17.7 Å². The van der Waals surface area contributed by atoms with Gasteiger partial charge in [0, 0.05) is 4.88 Å². The molecule has 172 valence electrons. The number of nitrogens with one attached hydrogen (secondary N) is 2. The molecule has 5 nitrogen and oxygen atoms in total. The Morgan fingerprint density at radius 2 is 1.73 bits per heavy atom. The number of rotatable bonds is 10. The zero-order valence-electron chi connectivity index (χ0n) is 18.8. The molecule has 2 N–H and O–H groups in total. The minimum atomic E-state index is -0.788. The first-order valence-electron chi connectivity index (χ1n) is 11.5. The first kappa shape index (κ1) is 23.1. The average molecular weight is 463 g/mol. The summed E-state index contributed by atoms with van der Waals surface area (Å²) in [6, 6.07) is 20.2. The van der Waals surface area contributed by atoms with Crippen molar-refractivity contribution in [3.05, 3.63) is 88.1 Å². The van der Waals surface area contributed by atoms with Crippen LogP contribution in [0.5, 0.6) is 5.75 Å². The average Bonchev–Trinajstić information content (AvgIpc) is 3.34. The second kappa shape index (κ2) is 11.1. The van der Waals surface area contributed by atoms with Gasteiger partial charge >= 0.3 is 0 Å². The smallest absolute Gasteiger partial charge is 0.247 e. The molecule has 1 saturated carbocycles. The molecular formula is C27H30N2O3S. The fourth-order valence-corrected chi connectivity index (χ4v) is 4.42. The summed E-state index contributed by atoms with van der Waals surface area (Å²) >= 11 is 1.59. The molecule has 1 aliphatic rings. The van der Waals surface area contributed by atoms with E-state index in [1.807, 2.05) is 79.0 Å². The lowest BCUT2D eigenvalue weighted by molar-refractivity contribution is -0.129. The third kappa shape index (κ3) is 6.23. The number of hydrogen-bond donors (Lipinski definition) is 2. The Morgan fingerprint density at radius 1 is 0.970 bits per heavy atom. The monoisotopic (exact) mass is 462 g/mol. The maximum Gasteiger partial charge on any atom is 0.247 e. The van der Waals surface area contributed by atoms with E-state index in [0.29, 0.717) is 12.5 Å². The molecule has 4 rings (SSSR count). The summed E-state index contributed by atoms with van der Waals surface area (Å²) in [4.78, 5) is 27.2. The van der Waals surface area contributed by atoms with Crippen LogP contribution < -0.4 is 15.4 Å². The van der Waals surface area contributed by atoms with Crippen LogP contribution in [0.25, 0.3) is 0 Å². The lowest BCUT2D eigenvalue weighted by Gasteiger charge is -2.25. The van der Waals surface area contributed by atoms with Crippen molar-refractivity contribution in [2.75, 3.05) is 6.61 Å². The van der Waals surface area contributed by atoms with Gasteiger partial charge in [-0.15, -0.1) is 11.3 Å². The molecule has 0 aliphatic heterocycles. The van der Waals surface area contributed by atoms with Gasteiger partial charge < -0.3 is 15.4 Å². The van der Waals surface area contributed by atoms with Crippen molar-refractivity contribution in [1.29, 1.82) is 0 Å². The van der Waals surface area contributed by atoms with Crippen LogP contribution >= 0.6 is 11.3 Å². The molecule has 1 aromatic heterocycles. The lowest BCUT2D eigenvalue weighted by Crippen LogP contribution is -2.41. The number of carbonyl (C=O) groups is 2. The zero-order chi connectivity index (χ0) is 23.0. The quantitative estimate of drug-likeness (QED) is 0.435. The Labute approximate surface area is 199 Å². The molecule has 6 heteroatoms. The molecule has 2 atom stereocenters. The summed E-state index contributed by atoms with van der Waals surface area (Å²) in [5.74, 6) is 0.637. The van der Waals surface area contributed by atoms with E-state index in [4.69, 9.17) is 4.74 Å². The molecule has 1 fully saturated rings. The van der Waals surface area contributed by atoms with E-state index >= 15 is 0 Å². The van der Waals surface area contributed by atoms with E-state index in [0.717, 1.165) is 28.4 Å². The summed E-state index contributed by atoms with van der Waals surface area (Å²) in [5.41, 5.74) is 1.63. The molecule has 0 bridgehead atoms. The largest absolute Gasteiger partial charge is 0.493 e. The highest BCUT2D eigenvalue weighted by Crippen LogP contribution is 2.28. The molecule has 3 aromatic rings. The van der Waals surface area contributed by atoms with Gasteiger partial charge in [-0.25, -0.2) is 0 Å². The Balaban J connectivity index is 1.46. The number of carbonyl (C=O) groups excluding carboxylic acids is 2. The van der Waals surface area contributed by atoms with Gasteiger partial charge in [0.2, 0.25) is 11.8 Å². The molecular weight excluding hydrogens is 432 g/mol. The molecule has 0 saturated heterocycles. The predicted octanol–water partition coefficient (Wildman–Crippen LogP) is 5.20. The molecule has 1 heterocycles. The summed E-state index contributed by atoms with van der Waals surface area (Å²) in [6.07, 6.45) is 3.75. The SMILES string of the molecule is C[C@H](C(=O)N[C@@H](C(=O)NCc1cccs1)c1ccc(OCC2CCC2)cc1)c1ccccc1. The maximum absolute atomic E-state index is 13.1. The number of hydrogen-bond acceptors (Lipinski definition) is 4. The predicted molar refractivity (Wildman–Crippen MR) is 131 cm³/mol. The molecule has 0 unspecified atom stereocenters. The van der Waals surface area contributed by atoms with Crippen LogP contribution in [0.3, 0.4) is 0 Å². The number of ether oxygens (including phenoxy) is 1. The Hall–Kier alpha value is -3.12. The van der Waals surface area contributed by atoms with Gasteiger partial charge in [0.25, 0.3) is 0 Å². The first-order chi connectivity index (χ1) is 16.1. The van der Waals surface area contributed by atoms with Crippen molar-refractivity contribution >= 4 is 23.2 Å². The van der Waals surface area contributed by atoms with E-state index < -0.39 is 6.04 Å². The molecule has 33 heavy (non-hydrogen) atoms. The molecule has 1 aliphatic carbocycles. The topological polar surface area (TPSA) is 67.4 Å². The number of thiophene rings is 1. The van der Waals surface area contributed by atoms with E-state index in [2.05, 4.69) is 10.6 Å². The van der Waals surface area contributed by atoms with Crippen LogP contribution in [0.1, 0.15) is 54.1 Å². The van der Waals surface area contributed by atoms with Crippen molar-refractivity contribution in [2.45, 2.75) is 44.7 Å².